The van der Waals surface area contributed by atoms with Gasteiger partial charge in [0, 0.05) is 5.39 Å². The maximum Gasteiger partial charge on any atom is 0.349 e. The fourth-order valence-electron chi connectivity index (χ4n) is 2.95. The van der Waals surface area contributed by atoms with Gasteiger partial charge in [-0.25, -0.2) is 4.79 Å². The number of carboxylic acid groups (broad SMARTS) is 1. The van der Waals surface area contributed by atoms with Gasteiger partial charge in [-0.15, -0.1) is 0 Å². The molecule has 0 radical (unpaired) electrons. The normalized spacial score (nSPS) is 11.7. The van der Waals surface area contributed by atoms with E-state index in [1.54, 1.807) is 42.5 Å². The van der Waals surface area contributed by atoms with Gasteiger partial charge in [-0.2, -0.15) is 0 Å². The van der Waals surface area contributed by atoms with E-state index in [2.05, 4.69) is 5.32 Å². The van der Waals surface area contributed by atoms with E-state index in [1.807, 2.05) is 0 Å². The van der Waals surface area contributed by atoms with Gasteiger partial charge in [-0.05, 0) is 29.8 Å². The van der Waals surface area contributed by atoms with Gasteiger partial charge < -0.3 is 24.3 Å². The van der Waals surface area contributed by atoms with Crippen LogP contribution >= 0.6 is 0 Å². The number of rotatable bonds is 7. The molecule has 2 N–H and O–H groups in total. The fraction of sp³-hybridized carbons (Fsp3) is 0.190. The number of benzene rings is 2. The number of methoxy groups -OCH3 is 2. The van der Waals surface area contributed by atoms with Crippen LogP contribution in [-0.4, -0.2) is 31.2 Å². The van der Waals surface area contributed by atoms with Crippen LogP contribution in [0.2, 0.25) is 0 Å². The van der Waals surface area contributed by atoms with Crippen molar-refractivity contribution in [2.75, 3.05) is 14.2 Å². The zero-order valence-electron chi connectivity index (χ0n) is 15.8. The van der Waals surface area contributed by atoms with Gasteiger partial charge in [0.1, 0.15) is 11.1 Å². The zero-order chi connectivity index (χ0) is 21.0. The summed E-state index contributed by atoms with van der Waals surface area (Å²) in [6, 6.07) is 12.1. The first-order chi connectivity index (χ1) is 13.9. The molecule has 3 aromatic rings. The van der Waals surface area contributed by atoms with E-state index >= 15 is 0 Å². The Kier molecular flexibility index (Phi) is 5.82. The highest BCUT2D eigenvalue weighted by molar-refractivity contribution is 5.97. The zero-order valence-corrected chi connectivity index (χ0v) is 15.8. The number of hydrogen-bond donors (Lipinski definition) is 2. The summed E-state index contributed by atoms with van der Waals surface area (Å²) in [6.45, 7) is 0. The van der Waals surface area contributed by atoms with Gasteiger partial charge in [0.15, 0.2) is 11.5 Å². The first-order valence-corrected chi connectivity index (χ1v) is 8.70. The van der Waals surface area contributed by atoms with Crippen molar-refractivity contribution in [3.05, 3.63) is 70.1 Å². The second-order valence-corrected chi connectivity index (χ2v) is 6.22. The molecule has 1 aromatic heterocycles. The van der Waals surface area contributed by atoms with E-state index in [4.69, 9.17) is 13.9 Å². The summed E-state index contributed by atoms with van der Waals surface area (Å²) in [7, 11) is 2.93. The molecular formula is C21H19NO7. The summed E-state index contributed by atoms with van der Waals surface area (Å²) >= 11 is 0. The quantitative estimate of drug-likeness (QED) is 0.589. The molecule has 0 unspecified atom stereocenters. The minimum Gasteiger partial charge on any atom is -0.493 e. The van der Waals surface area contributed by atoms with Gasteiger partial charge in [0.2, 0.25) is 0 Å². The fourth-order valence-corrected chi connectivity index (χ4v) is 2.95. The predicted octanol–water partition coefficient (Wildman–Crippen LogP) is 2.76. The van der Waals surface area contributed by atoms with E-state index in [9.17, 15) is 19.5 Å². The van der Waals surface area contributed by atoms with Crippen LogP contribution in [0.15, 0.2) is 57.7 Å². The molecule has 0 aliphatic carbocycles. The highest BCUT2D eigenvalue weighted by Gasteiger charge is 2.22. The van der Waals surface area contributed by atoms with E-state index < -0.39 is 23.5 Å². The number of carbonyl (C=O) groups excluding carboxylic acids is 1. The third-order valence-corrected chi connectivity index (χ3v) is 4.38. The van der Waals surface area contributed by atoms with Crippen molar-refractivity contribution in [2.24, 2.45) is 0 Å². The molecule has 2 aromatic carbocycles. The summed E-state index contributed by atoms with van der Waals surface area (Å²) in [4.78, 5) is 36.3. The number of nitrogens with one attached hydrogen (secondary N) is 1. The largest absolute Gasteiger partial charge is 0.493 e. The summed E-state index contributed by atoms with van der Waals surface area (Å²) in [5, 5.41) is 12.4. The van der Waals surface area contributed by atoms with Crippen LogP contribution < -0.4 is 20.4 Å². The number of amides is 1. The molecule has 150 valence electrons. The smallest absolute Gasteiger partial charge is 0.349 e. The van der Waals surface area contributed by atoms with Crippen molar-refractivity contribution in [3.8, 4) is 11.5 Å². The molecule has 1 atom stereocenters. The van der Waals surface area contributed by atoms with Crippen molar-refractivity contribution in [1.29, 1.82) is 0 Å². The Balaban J connectivity index is 1.95. The molecule has 0 aliphatic heterocycles. The van der Waals surface area contributed by atoms with Crippen LogP contribution in [-0.2, 0) is 4.79 Å². The topological polar surface area (TPSA) is 115 Å². The molecular weight excluding hydrogens is 378 g/mol. The molecule has 0 fully saturated rings. The Morgan fingerprint density at radius 1 is 1.07 bits per heavy atom. The standard InChI is InChI=1S/C21H19NO7/c1-27-17-8-7-12(10-18(17)28-2)15(11-19(23)24)22-20(25)14-9-13-5-3-4-6-16(13)29-21(14)26/h3-10,15H,11H2,1-2H3,(H,22,25)(H,23,24)/t15-/m0/s1. The van der Waals surface area contributed by atoms with Gasteiger partial charge in [-0.3, -0.25) is 9.59 Å². The number of carboxylic acids is 1. The molecule has 0 bridgehead atoms. The number of hydrogen-bond acceptors (Lipinski definition) is 6. The highest BCUT2D eigenvalue weighted by Crippen LogP contribution is 2.31. The minimum atomic E-state index is -1.12. The number of carbonyl (C=O) groups is 2. The van der Waals surface area contributed by atoms with E-state index in [0.29, 0.717) is 28.0 Å². The first kappa shape index (κ1) is 19.9. The molecule has 0 spiro atoms. The Morgan fingerprint density at radius 3 is 2.48 bits per heavy atom. The van der Waals surface area contributed by atoms with Crippen LogP contribution in [0.1, 0.15) is 28.4 Å². The Morgan fingerprint density at radius 2 is 1.79 bits per heavy atom. The molecule has 1 amide bonds. The lowest BCUT2D eigenvalue weighted by Gasteiger charge is -2.19. The number of para-hydroxylation sites is 1. The minimum absolute atomic E-state index is 0.209. The SMILES string of the molecule is COc1ccc([C@H](CC(=O)O)NC(=O)c2cc3ccccc3oc2=O)cc1OC. The molecule has 29 heavy (non-hydrogen) atoms. The summed E-state index contributed by atoms with van der Waals surface area (Å²) in [5.41, 5.74) is -0.165. The second-order valence-electron chi connectivity index (χ2n) is 6.22. The number of fused-ring (bicyclic) bond motifs is 1. The average molecular weight is 397 g/mol. The highest BCUT2D eigenvalue weighted by atomic mass is 16.5. The van der Waals surface area contributed by atoms with E-state index in [-0.39, 0.29) is 12.0 Å². The van der Waals surface area contributed by atoms with Crippen LogP contribution in [0.5, 0.6) is 11.5 Å². The number of aliphatic carboxylic acids is 1. The van der Waals surface area contributed by atoms with Crippen molar-refractivity contribution in [2.45, 2.75) is 12.5 Å². The molecule has 3 rings (SSSR count). The van der Waals surface area contributed by atoms with Crippen LogP contribution in [0.3, 0.4) is 0 Å². The summed E-state index contributed by atoms with van der Waals surface area (Å²) in [6.07, 6.45) is -0.389. The van der Waals surface area contributed by atoms with Crippen molar-refractivity contribution >= 4 is 22.8 Å². The summed E-state index contributed by atoms with van der Waals surface area (Å²) in [5.74, 6) is -0.993. The van der Waals surface area contributed by atoms with Crippen LogP contribution in [0, 0.1) is 0 Å². The van der Waals surface area contributed by atoms with Gasteiger partial charge in [-0.1, -0.05) is 24.3 Å². The molecule has 8 nitrogen and oxygen atoms in total. The van der Waals surface area contributed by atoms with Crippen LogP contribution in [0.25, 0.3) is 11.0 Å². The van der Waals surface area contributed by atoms with Crippen molar-refractivity contribution < 1.29 is 28.6 Å². The average Bonchev–Trinajstić information content (AvgIpc) is 2.71. The first-order valence-electron chi connectivity index (χ1n) is 8.70. The molecule has 1 heterocycles. The maximum atomic E-state index is 12.7. The Labute approximate surface area is 165 Å². The lowest BCUT2D eigenvalue weighted by Crippen LogP contribution is -2.33. The molecule has 0 saturated heterocycles. The molecule has 0 saturated carbocycles. The summed E-state index contributed by atoms with van der Waals surface area (Å²) < 4.78 is 15.6. The predicted molar refractivity (Wildman–Crippen MR) is 104 cm³/mol. The van der Waals surface area contributed by atoms with E-state index in [0.717, 1.165) is 0 Å². The van der Waals surface area contributed by atoms with Gasteiger partial charge in [0.05, 0.1) is 26.7 Å². The van der Waals surface area contributed by atoms with Gasteiger partial charge >= 0.3 is 11.6 Å². The number of ether oxygens (including phenoxy) is 2. The lowest BCUT2D eigenvalue weighted by molar-refractivity contribution is -0.137. The second kappa shape index (κ2) is 8.47. The monoisotopic (exact) mass is 397 g/mol. The van der Waals surface area contributed by atoms with Crippen molar-refractivity contribution in [3.63, 3.8) is 0 Å². The van der Waals surface area contributed by atoms with Gasteiger partial charge in [0.25, 0.3) is 5.91 Å². The third-order valence-electron chi connectivity index (χ3n) is 4.38. The van der Waals surface area contributed by atoms with E-state index in [1.165, 1.54) is 20.3 Å². The van der Waals surface area contributed by atoms with Crippen LogP contribution in [0.4, 0.5) is 0 Å². The molecule has 8 heteroatoms. The Bertz CT molecular complexity index is 1120. The maximum absolute atomic E-state index is 12.7. The molecule has 0 aliphatic rings. The Hall–Kier alpha value is -3.81. The lowest BCUT2D eigenvalue weighted by atomic mass is 10.0. The van der Waals surface area contributed by atoms with Crippen molar-refractivity contribution in [1.82, 2.24) is 5.32 Å². The third kappa shape index (κ3) is 4.37.